The Kier molecular flexibility index (Phi) is 5.57. The number of anilines is 1. The van der Waals surface area contributed by atoms with E-state index in [0.29, 0.717) is 10.6 Å². The van der Waals surface area contributed by atoms with Gasteiger partial charge in [0, 0.05) is 11.2 Å². The Balaban J connectivity index is 1.64. The van der Waals surface area contributed by atoms with Crippen LogP contribution in [0.1, 0.15) is 28.4 Å². The lowest BCUT2D eigenvalue weighted by Crippen LogP contribution is -2.38. The zero-order valence-corrected chi connectivity index (χ0v) is 18.5. The third kappa shape index (κ3) is 3.92. The number of amides is 2. The van der Waals surface area contributed by atoms with Gasteiger partial charge in [0.05, 0.1) is 29.2 Å². The smallest absolute Gasteiger partial charge is 0.318 e. The van der Waals surface area contributed by atoms with Crippen molar-refractivity contribution in [1.82, 2.24) is 9.47 Å². The molecule has 0 saturated carbocycles. The maximum atomic E-state index is 13.6. The first-order valence-corrected chi connectivity index (χ1v) is 11.0. The van der Waals surface area contributed by atoms with Gasteiger partial charge in [-0.25, -0.2) is 4.79 Å². The summed E-state index contributed by atoms with van der Waals surface area (Å²) in [5.74, 6) is 0. The molecule has 0 aliphatic carbocycles. The summed E-state index contributed by atoms with van der Waals surface area (Å²) in [7, 11) is 0. The van der Waals surface area contributed by atoms with Crippen LogP contribution in [0.15, 0.2) is 91.1 Å². The van der Waals surface area contributed by atoms with Crippen molar-refractivity contribution in [3.05, 3.63) is 119 Å². The fraction of sp³-hybridized carbons (Fsp3) is 0.115. The predicted octanol–water partition coefficient (Wildman–Crippen LogP) is 7.29. The molecule has 172 valence electrons. The number of para-hydroxylation sites is 2. The number of benzene rings is 3. The molecule has 3 aromatic carbocycles. The summed E-state index contributed by atoms with van der Waals surface area (Å²) >= 11 is 6.55. The maximum absolute atomic E-state index is 13.6. The number of urea groups is 1. The number of rotatable bonds is 2. The van der Waals surface area contributed by atoms with Gasteiger partial charge in [-0.15, -0.1) is 0 Å². The third-order valence-corrected chi connectivity index (χ3v) is 6.24. The van der Waals surface area contributed by atoms with E-state index in [1.54, 1.807) is 12.1 Å². The SMILES string of the molecule is O=C(Nc1ccccc1C(F)(F)F)N1Cc2ccccc2-n2cccc2[C@@H]1c1ccccc1Cl. The van der Waals surface area contributed by atoms with Crippen LogP contribution in [0.2, 0.25) is 5.02 Å². The van der Waals surface area contributed by atoms with E-state index < -0.39 is 23.8 Å². The number of alkyl halides is 3. The van der Waals surface area contributed by atoms with E-state index in [1.807, 2.05) is 59.3 Å². The molecule has 1 N–H and O–H groups in total. The van der Waals surface area contributed by atoms with Crippen LogP contribution >= 0.6 is 11.6 Å². The normalized spacial score (nSPS) is 15.3. The van der Waals surface area contributed by atoms with Crippen molar-refractivity contribution in [2.24, 2.45) is 0 Å². The van der Waals surface area contributed by atoms with Gasteiger partial charge in [0.2, 0.25) is 0 Å². The summed E-state index contributed by atoms with van der Waals surface area (Å²) in [6.45, 7) is 0.174. The molecule has 0 bridgehead atoms. The van der Waals surface area contributed by atoms with E-state index in [2.05, 4.69) is 5.32 Å². The molecule has 8 heteroatoms. The lowest BCUT2D eigenvalue weighted by Gasteiger charge is -2.31. The Morgan fingerprint density at radius 2 is 1.62 bits per heavy atom. The van der Waals surface area contributed by atoms with E-state index in [9.17, 15) is 18.0 Å². The minimum absolute atomic E-state index is 0.174. The van der Waals surface area contributed by atoms with Gasteiger partial charge in [-0.05, 0) is 47.5 Å². The summed E-state index contributed by atoms with van der Waals surface area (Å²) in [6.07, 6.45) is -2.70. The van der Waals surface area contributed by atoms with Gasteiger partial charge < -0.3 is 14.8 Å². The highest BCUT2D eigenvalue weighted by atomic mass is 35.5. The topological polar surface area (TPSA) is 37.3 Å². The second-order valence-corrected chi connectivity index (χ2v) is 8.36. The number of nitrogens with one attached hydrogen (secondary N) is 1. The molecule has 1 atom stereocenters. The van der Waals surface area contributed by atoms with Crippen molar-refractivity contribution in [3.63, 3.8) is 0 Å². The van der Waals surface area contributed by atoms with E-state index in [1.165, 1.54) is 23.1 Å². The third-order valence-electron chi connectivity index (χ3n) is 5.90. The number of hydrogen-bond acceptors (Lipinski definition) is 1. The van der Waals surface area contributed by atoms with Crippen LogP contribution in [0.5, 0.6) is 0 Å². The van der Waals surface area contributed by atoms with Gasteiger partial charge in [-0.1, -0.05) is 60.1 Å². The molecule has 0 fully saturated rings. The summed E-state index contributed by atoms with van der Waals surface area (Å²) in [4.78, 5) is 15.2. The molecule has 0 spiro atoms. The molecule has 0 radical (unpaired) electrons. The highest BCUT2D eigenvalue weighted by Crippen LogP contribution is 2.40. The van der Waals surface area contributed by atoms with Gasteiger partial charge in [-0.2, -0.15) is 13.2 Å². The summed E-state index contributed by atoms with van der Waals surface area (Å²) in [6, 6.07) is 22.2. The van der Waals surface area contributed by atoms with E-state index in [-0.39, 0.29) is 12.2 Å². The highest BCUT2D eigenvalue weighted by molar-refractivity contribution is 6.31. The van der Waals surface area contributed by atoms with Gasteiger partial charge in [-0.3, -0.25) is 0 Å². The van der Waals surface area contributed by atoms with Crippen molar-refractivity contribution >= 4 is 23.3 Å². The van der Waals surface area contributed by atoms with E-state index >= 15 is 0 Å². The lowest BCUT2D eigenvalue weighted by molar-refractivity contribution is -0.136. The Labute approximate surface area is 199 Å². The van der Waals surface area contributed by atoms with Crippen LogP contribution < -0.4 is 5.32 Å². The molecule has 4 aromatic rings. The first-order valence-electron chi connectivity index (χ1n) is 10.6. The molecular formula is C26H19ClF3N3O. The van der Waals surface area contributed by atoms with Crippen LogP contribution in [0, 0.1) is 0 Å². The number of hydrogen-bond donors (Lipinski definition) is 1. The molecule has 5 rings (SSSR count). The van der Waals surface area contributed by atoms with Crippen molar-refractivity contribution in [1.29, 1.82) is 0 Å². The molecule has 1 aliphatic rings. The Morgan fingerprint density at radius 3 is 2.41 bits per heavy atom. The van der Waals surface area contributed by atoms with Crippen LogP contribution in [0.25, 0.3) is 5.69 Å². The van der Waals surface area contributed by atoms with Gasteiger partial charge in [0.1, 0.15) is 6.04 Å². The summed E-state index contributed by atoms with van der Waals surface area (Å²) < 4.78 is 42.7. The van der Waals surface area contributed by atoms with E-state index in [0.717, 1.165) is 23.0 Å². The number of carbonyl (C=O) groups excluding carboxylic acids is 1. The zero-order valence-electron chi connectivity index (χ0n) is 17.8. The van der Waals surface area contributed by atoms with Crippen LogP contribution in [-0.2, 0) is 12.7 Å². The molecule has 0 unspecified atom stereocenters. The van der Waals surface area contributed by atoms with Crippen LogP contribution in [0.3, 0.4) is 0 Å². The van der Waals surface area contributed by atoms with Crippen molar-refractivity contribution in [3.8, 4) is 5.69 Å². The molecule has 0 saturated heterocycles. The monoisotopic (exact) mass is 481 g/mol. The first kappa shape index (κ1) is 22.1. The highest BCUT2D eigenvalue weighted by Gasteiger charge is 2.37. The second kappa shape index (κ2) is 8.57. The first-order chi connectivity index (χ1) is 16.3. The minimum Gasteiger partial charge on any atom is -0.318 e. The minimum atomic E-state index is -4.61. The van der Waals surface area contributed by atoms with Gasteiger partial charge in [0.15, 0.2) is 0 Å². The second-order valence-electron chi connectivity index (χ2n) is 7.96. The predicted molar refractivity (Wildman–Crippen MR) is 125 cm³/mol. The molecule has 2 heterocycles. The fourth-order valence-electron chi connectivity index (χ4n) is 4.39. The molecule has 34 heavy (non-hydrogen) atoms. The standard InChI is InChI=1S/C26H19ClF3N3O/c27-20-11-4-2-9-18(20)24-23-14-7-15-32(23)22-13-6-1-8-17(22)16-33(24)25(34)31-21-12-5-3-10-19(21)26(28,29)30/h1-15,24H,16H2,(H,31,34)/t24-/m0/s1. The van der Waals surface area contributed by atoms with E-state index in [4.69, 9.17) is 11.6 Å². The number of carbonyl (C=O) groups is 1. The molecular weight excluding hydrogens is 463 g/mol. The van der Waals surface area contributed by atoms with Crippen molar-refractivity contribution in [2.75, 3.05) is 5.32 Å². The number of halogens is 4. The summed E-state index contributed by atoms with van der Waals surface area (Å²) in [5, 5.41) is 2.96. The Morgan fingerprint density at radius 1 is 0.912 bits per heavy atom. The van der Waals surface area contributed by atoms with Gasteiger partial charge >= 0.3 is 12.2 Å². The average Bonchev–Trinajstić information content (AvgIpc) is 3.24. The fourth-order valence-corrected chi connectivity index (χ4v) is 4.63. The molecule has 1 aliphatic heterocycles. The number of aromatic nitrogens is 1. The number of fused-ring (bicyclic) bond motifs is 3. The quantitative estimate of drug-likeness (QED) is 0.321. The number of nitrogens with zero attached hydrogens (tertiary/aromatic N) is 2. The molecule has 1 aromatic heterocycles. The van der Waals surface area contributed by atoms with Crippen LogP contribution in [0.4, 0.5) is 23.7 Å². The van der Waals surface area contributed by atoms with Crippen molar-refractivity contribution in [2.45, 2.75) is 18.8 Å². The molecule has 2 amide bonds. The Bertz CT molecular complexity index is 1370. The van der Waals surface area contributed by atoms with Crippen LogP contribution in [-0.4, -0.2) is 15.5 Å². The van der Waals surface area contributed by atoms with Crippen molar-refractivity contribution < 1.29 is 18.0 Å². The summed E-state index contributed by atoms with van der Waals surface area (Å²) in [5.41, 5.74) is 2.00. The van der Waals surface area contributed by atoms with Gasteiger partial charge in [0.25, 0.3) is 0 Å². The lowest BCUT2D eigenvalue weighted by atomic mass is 10.0. The Hall–Kier alpha value is -3.71. The molecule has 4 nitrogen and oxygen atoms in total. The average molecular weight is 482 g/mol. The largest absolute Gasteiger partial charge is 0.418 e. The zero-order chi connectivity index (χ0) is 23.9. The maximum Gasteiger partial charge on any atom is 0.418 e.